The van der Waals surface area contributed by atoms with E-state index in [1.54, 1.807) is 0 Å². The summed E-state index contributed by atoms with van der Waals surface area (Å²) in [6.07, 6.45) is 2.54. The van der Waals surface area contributed by atoms with Gasteiger partial charge in [0, 0.05) is 39.1 Å². The van der Waals surface area contributed by atoms with Crippen LogP contribution in [0.5, 0.6) is 0 Å². The number of likely N-dealkylation sites (N-methyl/N-ethyl adjacent to an activating group) is 1. The number of hydrogen-bond acceptors (Lipinski definition) is 4. The lowest BCUT2D eigenvalue weighted by Gasteiger charge is -2.38. The molecule has 3 N–H and O–H groups in total. The van der Waals surface area contributed by atoms with Crippen molar-refractivity contribution < 1.29 is 9.84 Å². The molecule has 0 amide bonds. The van der Waals surface area contributed by atoms with Crippen LogP contribution in [0.3, 0.4) is 0 Å². The number of aliphatic hydroxyl groups is 1. The van der Waals surface area contributed by atoms with E-state index in [2.05, 4.69) is 25.8 Å². The Morgan fingerprint density at radius 1 is 1.41 bits per heavy atom. The van der Waals surface area contributed by atoms with Gasteiger partial charge in [0.15, 0.2) is 0 Å². The monoisotopic (exact) mass is 244 g/mol. The van der Waals surface area contributed by atoms with Crippen LogP contribution in [0.2, 0.25) is 0 Å². The zero-order valence-electron chi connectivity index (χ0n) is 11.5. The van der Waals surface area contributed by atoms with E-state index in [0.717, 1.165) is 25.8 Å². The van der Waals surface area contributed by atoms with E-state index in [-0.39, 0.29) is 5.41 Å². The van der Waals surface area contributed by atoms with Gasteiger partial charge in [0.05, 0.1) is 5.60 Å². The molecule has 0 spiro atoms. The van der Waals surface area contributed by atoms with Crippen molar-refractivity contribution in [3.05, 3.63) is 0 Å². The molecule has 4 heteroatoms. The van der Waals surface area contributed by atoms with E-state index in [0.29, 0.717) is 26.3 Å². The van der Waals surface area contributed by atoms with Gasteiger partial charge in [-0.1, -0.05) is 13.8 Å². The second-order valence-corrected chi connectivity index (χ2v) is 5.88. The fourth-order valence-electron chi connectivity index (χ4n) is 2.44. The minimum absolute atomic E-state index is 0.149. The first-order valence-electron chi connectivity index (χ1n) is 6.62. The first-order chi connectivity index (χ1) is 7.93. The van der Waals surface area contributed by atoms with Gasteiger partial charge in [-0.05, 0) is 25.4 Å². The lowest BCUT2D eigenvalue weighted by molar-refractivity contribution is -0.0798. The van der Waals surface area contributed by atoms with Crippen LogP contribution in [0.4, 0.5) is 0 Å². The summed E-state index contributed by atoms with van der Waals surface area (Å²) in [5, 5.41) is 10.4. The molecular formula is C13H28N2O2. The predicted octanol–water partition coefficient (Wildman–Crippen LogP) is 0.835. The summed E-state index contributed by atoms with van der Waals surface area (Å²) >= 11 is 0. The van der Waals surface area contributed by atoms with Crippen molar-refractivity contribution in [1.29, 1.82) is 0 Å². The smallest absolute Gasteiger partial charge is 0.0817 e. The minimum Gasteiger partial charge on any atom is -0.388 e. The van der Waals surface area contributed by atoms with E-state index < -0.39 is 5.60 Å². The van der Waals surface area contributed by atoms with Crippen LogP contribution in [0.25, 0.3) is 0 Å². The van der Waals surface area contributed by atoms with Crippen molar-refractivity contribution in [3.63, 3.8) is 0 Å². The molecule has 4 nitrogen and oxygen atoms in total. The van der Waals surface area contributed by atoms with Gasteiger partial charge < -0.3 is 20.5 Å². The summed E-state index contributed by atoms with van der Waals surface area (Å²) in [6.45, 7) is 8.06. The number of nitrogens with two attached hydrogens (primary N) is 1. The third-order valence-corrected chi connectivity index (χ3v) is 3.99. The van der Waals surface area contributed by atoms with Crippen LogP contribution in [0, 0.1) is 5.41 Å². The SMILES string of the molecule is CCC(C)(CN)CN(C)CC1(O)CCOCC1. The molecule has 1 aliphatic heterocycles. The summed E-state index contributed by atoms with van der Waals surface area (Å²) < 4.78 is 5.29. The standard InChI is InChI=1S/C13H28N2O2/c1-4-12(2,9-14)10-15(3)11-13(16)5-7-17-8-6-13/h16H,4-11,14H2,1-3H3. The highest BCUT2D eigenvalue weighted by Gasteiger charge is 2.32. The lowest BCUT2D eigenvalue weighted by atomic mass is 9.86. The molecule has 1 unspecified atom stereocenters. The number of hydrogen-bond donors (Lipinski definition) is 2. The Morgan fingerprint density at radius 3 is 2.47 bits per heavy atom. The second kappa shape index (κ2) is 6.14. The Balaban J connectivity index is 2.45. The maximum Gasteiger partial charge on any atom is 0.0817 e. The number of rotatable bonds is 6. The van der Waals surface area contributed by atoms with E-state index in [1.165, 1.54) is 0 Å². The predicted molar refractivity (Wildman–Crippen MR) is 70.0 cm³/mol. The lowest BCUT2D eigenvalue weighted by Crippen LogP contribution is -2.49. The third-order valence-electron chi connectivity index (χ3n) is 3.99. The Labute approximate surface area is 105 Å². The largest absolute Gasteiger partial charge is 0.388 e. The molecule has 1 atom stereocenters. The molecule has 0 aliphatic carbocycles. The van der Waals surface area contributed by atoms with Crippen LogP contribution >= 0.6 is 0 Å². The summed E-state index contributed by atoms with van der Waals surface area (Å²) in [5.74, 6) is 0. The van der Waals surface area contributed by atoms with Crippen LogP contribution in [0.15, 0.2) is 0 Å². The van der Waals surface area contributed by atoms with Crippen molar-refractivity contribution in [1.82, 2.24) is 4.90 Å². The summed E-state index contributed by atoms with van der Waals surface area (Å²) in [4.78, 5) is 2.21. The van der Waals surface area contributed by atoms with Crippen molar-refractivity contribution in [2.75, 3.05) is 39.9 Å². The molecule has 1 aliphatic rings. The molecule has 1 fully saturated rings. The van der Waals surface area contributed by atoms with Gasteiger partial charge in [-0.2, -0.15) is 0 Å². The maximum absolute atomic E-state index is 10.4. The molecule has 17 heavy (non-hydrogen) atoms. The Morgan fingerprint density at radius 2 is 2.00 bits per heavy atom. The molecule has 0 saturated carbocycles. The molecule has 0 aromatic heterocycles. The van der Waals surface area contributed by atoms with Crippen LogP contribution < -0.4 is 5.73 Å². The fourth-order valence-corrected chi connectivity index (χ4v) is 2.44. The van der Waals surface area contributed by atoms with Gasteiger partial charge in [0.1, 0.15) is 0 Å². The van der Waals surface area contributed by atoms with Crippen molar-refractivity contribution in [3.8, 4) is 0 Å². The molecule has 0 aromatic rings. The Kier molecular flexibility index (Phi) is 5.38. The van der Waals surface area contributed by atoms with Crippen LogP contribution in [0.1, 0.15) is 33.1 Å². The second-order valence-electron chi connectivity index (χ2n) is 5.88. The normalized spacial score (nSPS) is 23.6. The topological polar surface area (TPSA) is 58.7 Å². The first-order valence-corrected chi connectivity index (χ1v) is 6.62. The zero-order chi connectivity index (χ0) is 12.9. The van der Waals surface area contributed by atoms with Gasteiger partial charge >= 0.3 is 0 Å². The molecule has 1 heterocycles. The van der Waals surface area contributed by atoms with Crippen molar-refractivity contribution in [2.24, 2.45) is 11.1 Å². The highest BCUT2D eigenvalue weighted by atomic mass is 16.5. The molecule has 0 aromatic carbocycles. The zero-order valence-corrected chi connectivity index (χ0v) is 11.5. The van der Waals surface area contributed by atoms with Gasteiger partial charge in [0.2, 0.25) is 0 Å². The highest BCUT2D eigenvalue weighted by Crippen LogP contribution is 2.24. The molecule has 0 bridgehead atoms. The van der Waals surface area contributed by atoms with Gasteiger partial charge in [0.25, 0.3) is 0 Å². The highest BCUT2D eigenvalue weighted by molar-refractivity contribution is 4.86. The Hall–Kier alpha value is -0.160. The van der Waals surface area contributed by atoms with Gasteiger partial charge in [-0.25, -0.2) is 0 Å². The molecule has 102 valence electrons. The molecule has 1 rings (SSSR count). The van der Waals surface area contributed by atoms with Gasteiger partial charge in [-0.15, -0.1) is 0 Å². The molecular weight excluding hydrogens is 216 g/mol. The number of nitrogens with zero attached hydrogens (tertiary/aromatic N) is 1. The molecule has 0 radical (unpaired) electrons. The maximum atomic E-state index is 10.4. The van der Waals surface area contributed by atoms with Crippen LogP contribution in [-0.2, 0) is 4.74 Å². The minimum atomic E-state index is -0.573. The summed E-state index contributed by atoms with van der Waals surface area (Å²) in [7, 11) is 2.07. The van der Waals surface area contributed by atoms with Crippen molar-refractivity contribution >= 4 is 0 Å². The third kappa shape index (κ3) is 4.54. The van der Waals surface area contributed by atoms with Crippen molar-refractivity contribution in [2.45, 2.75) is 38.7 Å². The summed E-state index contributed by atoms with van der Waals surface area (Å²) in [5.41, 5.74) is 5.40. The van der Waals surface area contributed by atoms with Gasteiger partial charge in [-0.3, -0.25) is 0 Å². The fraction of sp³-hybridized carbons (Fsp3) is 1.00. The molecule has 1 saturated heterocycles. The van der Waals surface area contributed by atoms with Crippen LogP contribution in [-0.4, -0.2) is 55.5 Å². The van der Waals surface area contributed by atoms with E-state index in [1.807, 2.05) is 0 Å². The van der Waals surface area contributed by atoms with E-state index >= 15 is 0 Å². The average molecular weight is 244 g/mol. The van der Waals surface area contributed by atoms with E-state index in [9.17, 15) is 5.11 Å². The average Bonchev–Trinajstić information content (AvgIpc) is 2.29. The van der Waals surface area contributed by atoms with E-state index in [4.69, 9.17) is 10.5 Å². The first kappa shape index (κ1) is 14.9. The number of ether oxygens (including phenoxy) is 1. The Bertz CT molecular complexity index is 223. The quantitative estimate of drug-likeness (QED) is 0.727. The summed E-state index contributed by atoms with van der Waals surface area (Å²) in [6, 6.07) is 0.